The third-order valence-electron chi connectivity index (χ3n) is 5.58. The molecule has 1 aliphatic heterocycles. The Morgan fingerprint density at radius 2 is 1.78 bits per heavy atom. The Morgan fingerprint density at radius 3 is 2.56 bits per heavy atom. The Hall–Kier alpha value is -4.21. The largest absolute Gasteiger partial charge is 0.573 e. The third-order valence-corrected chi connectivity index (χ3v) is 5.58. The van der Waals surface area contributed by atoms with Crippen molar-refractivity contribution in [3.8, 4) is 11.5 Å². The maximum absolute atomic E-state index is 13.2. The maximum atomic E-state index is 13.2. The van der Waals surface area contributed by atoms with Gasteiger partial charge in [-0.2, -0.15) is 0 Å². The second kappa shape index (κ2) is 10.6. The predicted octanol–water partition coefficient (Wildman–Crippen LogP) is 5.68. The van der Waals surface area contributed by atoms with E-state index in [4.69, 9.17) is 4.74 Å². The molecule has 3 aromatic rings. The molecule has 0 aromatic heterocycles. The lowest BCUT2D eigenvalue weighted by atomic mass is 10.1. The van der Waals surface area contributed by atoms with E-state index in [-0.39, 0.29) is 24.2 Å². The van der Waals surface area contributed by atoms with Crippen molar-refractivity contribution in [2.75, 3.05) is 30.4 Å². The molecule has 1 heterocycles. The molecule has 36 heavy (non-hydrogen) atoms. The van der Waals surface area contributed by atoms with Crippen LogP contribution in [0, 0.1) is 0 Å². The number of amides is 3. The number of rotatable bonds is 7. The van der Waals surface area contributed by atoms with Gasteiger partial charge in [-0.25, -0.2) is 4.79 Å². The molecule has 3 aromatic carbocycles. The molecule has 0 spiro atoms. The minimum Gasteiger partial charge on any atom is -0.496 e. The number of ether oxygens (including phenoxy) is 2. The average molecular weight is 499 g/mol. The highest BCUT2D eigenvalue weighted by molar-refractivity contribution is 6.06. The fourth-order valence-electron chi connectivity index (χ4n) is 4.01. The van der Waals surface area contributed by atoms with Gasteiger partial charge in [-0.05, 0) is 54.4 Å². The van der Waals surface area contributed by atoms with Crippen molar-refractivity contribution in [1.29, 1.82) is 0 Å². The number of hydrogen-bond acceptors (Lipinski definition) is 4. The molecule has 7 nitrogen and oxygen atoms in total. The van der Waals surface area contributed by atoms with Crippen LogP contribution in [0.2, 0.25) is 0 Å². The molecule has 0 unspecified atom stereocenters. The highest BCUT2D eigenvalue weighted by Gasteiger charge is 2.31. The molecule has 0 atom stereocenters. The van der Waals surface area contributed by atoms with E-state index in [1.807, 2.05) is 0 Å². The minimum atomic E-state index is -4.79. The van der Waals surface area contributed by atoms with Crippen molar-refractivity contribution in [2.45, 2.75) is 19.3 Å². The quantitative estimate of drug-likeness (QED) is 0.454. The first kappa shape index (κ1) is 24.9. The number of alkyl halides is 3. The first-order valence-corrected chi connectivity index (χ1v) is 11.2. The van der Waals surface area contributed by atoms with E-state index in [0.717, 1.165) is 0 Å². The summed E-state index contributed by atoms with van der Waals surface area (Å²) in [5.41, 5.74) is 1.99. The van der Waals surface area contributed by atoms with Crippen LogP contribution in [0.25, 0.3) is 0 Å². The van der Waals surface area contributed by atoms with E-state index in [1.165, 1.54) is 25.3 Å². The van der Waals surface area contributed by atoms with E-state index in [0.29, 0.717) is 47.8 Å². The van der Waals surface area contributed by atoms with Crippen molar-refractivity contribution < 1.29 is 32.2 Å². The van der Waals surface area contributed by atoms with Gasteiger partial charge >= 0.3 is 12.4 Å². The predicted molar refractivity (Wildman–Crippen MR) is 128 cm³/mol. The Bertz CT molecular complexity index is 1250. The number of nitrogens with zero attached hydrogens (tertiary/aromatic N) is 2. The summed E-state index contributed by atoms with van der Waals surface area (Å²) in [5, 5.41) is 2.83. The zero-order chi connectivity index (χ0) is 25.7. The van der Waals surface area contributed by atoms with Gasteiger partial charge in [0.15, 0.2) is 0 Å². The van der Waals surface area contributed by atoms with Crippen LogP contribution in [-0.4, -0.2) is 43.4 Å². The monoisotopic (exact) mass is 499 g/mol. The number of carbonyl (C=O) groups excluding carboxylic acids is 2. The van der Waals surface area contributed by atoms with Crippen molar-refractivity contribution in [1.82, 2.24) is 4.90 Å². The van der Waals surface area contributed by atoms with E-state index in [2.05, 4.69) is 10.1 Å². The van der Waals surface area contributed by atoms with Crippen LogP contribution in [0.3, 0.4) is 0 Å². The average Bonchev–Trinajstić information content (AvgIpc) is 2.84. The molecule has 3 amide bonds. The summed E-state index contributed by atoms with van der Waals surface area (Å²) in [7, 11) is 1.49. The number of halogens is 3. The number of urea groups is 1. The van der Waals surface area contributed by atoms with Crippen LogP contribution in [0.1, 0.15) is 22.3 Å². The van der Waals surface area contributed by atoms with Gasteiger partial charge in [0.1, 0.15) is 11.5 Å². The summed E-state index contributed by atoms with van der Waals surface area (Å²) in [6.45, 7) is 1.06. The minimum absolute atomic E-state index is 0.134. The van der Waals surface area contributed by atoms with Gasteiger partial charge in [-0.15, -0.1) is 13.2 Å². The summed E-state index contributed by atoms with van der Waals surface area (Å²) in [6.07, 6.45) is -4.12. The van der Waals surface area contributed by atoms with Crippen LogP contribution >= 0.6 is 0 Å². The normalized spacial score (nSPS) is 13.9. The highest BCUT2D eigenvalue weighted by atomic mass is 19.4. The SMILES string of the molecule is COc1ccccc1C(=O)Nc1cccc(N2CCCN(Cc3cccc(OC(F)(F)F)c3)C2=O)c1. The number of para-hydroxylation sites is 1. The molecule has 10 heteroatoms. The summed E-state index contributed by atoms with van der Waals surface area (Å²) in [6, 6.07) is 19.1. The fourth-order valence-corrected chi connectivity index (χ4v) is 4.01. The van der Waals surface area contributed by atoms with E-state index < -0.39 is 6.36 Å². The lowest BCUT2D eigenvalue weighted by Crippen LogP contribution is -2.49. The van der Waals surface area contributed by atoms with E-state index >= 15 is 0 Å². The van der Waals surface area contributed by atoms with Gasteiger partial charge in [-0.3, -0.25) is 9.69 Å². The molecule has 1 aliphatic rings. The van der Waals surface area contributed by atoms with Crippen LogP contribution < -0.4 is 19.7 Å². The Morgan fingerprint density at radius 1 is 1.00 bits per heavy atom. The van der Waals surface area contributed by atoms with Crippen LogP contribution in [0.5, 0.6) is 11.5 Å². The summed E-state index contributed by atoms with van der Waals surface area (Å²) < 4.78 is 46.9. The Balaban J connectivity index is 1.47. The zero-order valence-electron chi connectivity index (χ0n) is 19.4. The fraction of sp³-hybridized carbons (Fsp3) is 0.231. The molecule has 188 valence electrons. The van der Waals surface area contributed by atoms with Crippen molar-refractivity contribution in [2.24, 2.45) is 0 Å². The second-order valence-corrected chi connectivity index (χ2v) is 8.11. The van der Waals surface area contributed by atoms with Crippen molar-refractivity contribution in [3.05, 3.63) is 83.9 Å². The molecular formula is C26H24F3N3O4. The molecule has 0 saturated carbocycles. The topological polar surface area (TPSA) is 71.1 Å². The number of benzene rings is 3. The standard InChI is InChI=1S/C26H24F3N3O4/c1-35-23-12-3-2-11-22(23)24(33)30-19-8-5-9-20(16-19)32-14-6-13-31(25(32)34)17-18-7-4-10-21(15-18)36-26(27,28)29/h2-5,7-12,15-16H,6,13-14,17H2,1H3,(H,30,33). The first-order valence-electron chi connectivity index (χ1n) is 11.2. The summed E-state index contributed by atoms with van der Waals surface area (Å²) >= 11 is 0. The lowest BCUT2D eigenvalue weighted by molar-refractivity contribution is -0.274. The molecule has 0 radical (unpaired) electrons. The Labute approximate surface area is 206 Å². The van der Waals surface area contributed by atoms with E-state index in [9.17, 15) is 22.8 Å². The molecular weight excluding hydrogens is 475 g/mol. The molecule has 4 rings (SSSR count). The number of nitrogens with one attached hydrogen (secondary N) is 1. The molecule has 1 fully saturated rings. The van der Waals surface area contributed by atoms with Gasteiger partial charge in [0.25, 0.3) is 5.91 Å². The number of hydrogen-bond donors (Lipinski definition) is 1. The van der Waals surface area contributed by atoms with Gasteiger partial charge in [0.2, 0.25) is 0 Å². The van der Waals surface area contributed by atoms with E-state index in [1.54, 1.807) is 64.4 Å². The lowest BCUT2D eigenvalue weighted by Gasteiger charge is -2.36. The van der Waals surface area contributed by atoms with Gasteiger partial charge in [0.05, 0.1) is 12.7 Å². The van der Waals surface area contributed by atoms with Crippen LogP contribution in [0.4, 0.5) is 29.3 Å². The van der Waals surface area contributed by atoms with Crippen LogP contribution in [0.15, 0.2) is 72.8 Å². The summed E-state index contributed by atoms with van der Waals surface area (Å²) in [5.74, 6) is -0.241. The third kappa shape index (κ3) is 6.07. The number of anilines is 2. The van der Waals surface area contributed by atoms with Gasteiger partial charge in [0, 0.05) is 31.0 Å². The summed E-state index contributed by atoms with van der Waals surface area (Å²) in [4.78, 5) is 29.1. The number of carbonyl (C=O) groups is 2. The first-order chi connectivity index (χ1) is 17.2. The molecule has 0 aliphatic carbocycles. The van der Waals surface area contributed by atoms with Crippen molar-refractivity contribution >= 4 is 23.3 Å². The molecule has 1 N–H and O–H groups in total. The van der Waals surface area contributed by atoms with Crippen molar-refractivity contribution in [3.63, 3.8) is 0 Å². The maximum Gasteiger partial charge on any atom is 0.573 e. The van der Waals surface area contributed by atoms with Gasteiger partial charge in [-0.1, -0.05) is 30.3 Å². The second-order valence-electron chi connectivity index (χ2n) is 8.11. The Kier molecular flexibility index (Phi) is 7.33. The smallest absolute Gasteiger partial charge is 0.496 e. The molecule has 1 saturated heterocycles. The van der Waals surface area contributed by atoms with Crippen LogP contribution in [-0.2, 0) is 6.54 Å². The molecule has 0 bridgehead atoms. The number of methoxy groups -OCH3 is 1. The highest BCUT2D eigenvalue weighted by Crippen LogP contribution is 2.27. The van der Waals surface area contributed by atoms with Gasteiger partial charge < -0.3 is 19.7 Å². The zero-order valence-corrected chi connectivity index (χ0v) is 19.4.